The van der Waals surface area contributed by atoms with E-state index in [1.807, 2.05) is 0 Å². The number of sulfonamides is 1. The van der Waals surface area contributed by atoms with Crippen molar-refractivity contribution in [1.82, 2.24) is 4.72 Å². The van der Waals surface area contributed by atoms with Gasteiger partial charge in [-0.15, -0.1) is 0 Å². The molecule has 7 nitrogen and oxygen atoms in total. The maximum absolute atomic E-state index is 12.3. The van der Waals surface area contributed by atoms with Gasteiger partial charge in [0.1, 0.15) is 0 Å². The molecule has 0 aliphatic heterocycles. The zero-order valence-electron chi connectivity index (χ0n) is 11.1. The summed E-state index contributed by atoms with van der Waals surface area (Å²) in [5.74, 6) is 0.559. The van der Waals surface area contributed by atoms with Crippen LogP contribution in [-0.4, -0.2) is 19.4 Å². The number of nitrogens with zero attached hydrogens (tertiary/aromatic N) is 1. The molecule has 0 bridgehead atoms. The van der Waals surface area contributed by atoms with Crippen molar-refractivity contribution in [1.29, 1.82) is 0 Å². The van der Waals surface area contributed by atoms with Gasteiger partial charge in [0.05, 0.1) is 4.92 Å². The number of benzene rings is 1. The second-order valence-electron chi connectivity index (χ2n) is 5.19. The van der Waals surface area contributed by atoms with Crippen LogP contribution in [0.3, 0.4) is 0 Å². The van der Waals surface area contributed by atoms with E-state index in [-0.39, 0.29) is 16.6 Å². The molecule has 3 N–H and O–H groups in total. The molecule has 1 fully saturated rings. The Morgan fingerprint density at radius 2 is 2.15 bits per heavy atom. The molecule has 1 unspecified atom stereocenters. The summed E-state index contributed by atoms with van der Waals surface area (Å²) in [6.07, 6.45) is 2.98. The van der Waals surface area contributed by atoms with Crippen LogP contribution < -0.4 is 10.5 Å². The van der Waals surface area contributed by atoms with Crippen LogP contribution in [0.15, 0.2) is 23.1 Å². The zero-order valence-corrected chi connectivity index (χ0v) is 11.9. The number of hydrogen-bond donors (Lipinski definition) is 2. The van der Waals surface area contributed by atoms with Crippen LogP contribution in [0.4, 0.5) is 11.4 Å². The molecular formula is C12H17N3O4S. The van der Waals surface area contributed by atoms with Crippen LogP contribution in [0.1, 0.15) is 26.2 Å². The van der Waals surface area contributed by atoms with Crippen LogP contribution in [0.2, 0.25) is 0 Å². The number of rotatable bonds is 6. The largest absolute Gasteiger partial charge is 0.399 e. The van der Waals surface area contributed by atoms with E-state index in [0.29, 0.717) is 5.92 Å². The van der Waals surface area contributed by atoms with E-state index >= 15 is 0 Å². The SMILES string of the molecule is CC(CC1CC1)NS(=O)(=O)c1cc(N)ccc1[N+](=O)[O-]. The van der Waals surface area contributed by atoms with Gasteiger partial charge in [0.2, 0.25) is 10.0 Å². The average Bonchev–Trinajstić information content (AvgIpc) is 3.11. The van der Waals surface area contributed by atoms with Crippen LogP contribution in [0.25, 0.3) is 0 Å². The van der Waals surface area contributed by atoms with Crippen molar-refractivity contribution in [3.8, 4) is 0 Å². The molecule has 8 heteroatoms. The number of nitrogens with two attached hydrogens (primary N) is 1. The quantitative estimate of drug-likeness (QED) is 0.470. The predicted molar refractivity (Wildman–Crippen MR) is 74.6 cm³/mol. The van der Waals surface area contributed by atoms with Gasteiger partial charge in [0, 0.05) is 17.8 Å². The third kappa shape index (κ3) is 3.45. The number of nitrogens with one attached hydrogen (secondary N) is 1. The fourth-order valence-electron chi connectivity index (χ4n) is 2.13. The number of hydrogen-bond acceptors (Lipinski definition) is 5. The van der Waals surface area contributed by atoms with Crippen LogP contribution >= 0.6 is 0 Å². The second-order valence-corrected chi connectivity index (χ2v) is 6.87. The van der Waals surface area contributed by atoms with E-state index in [0.717, 1.165) is 31.4 Å². The fourth-order valence-corrected chi connectivity index (χ4v) is 3.59. The molecular weight excluding hydrogens is 282 g/mol. The summed E-state index contributed by atoms with van der Waals surface area (Å²) in [6, 6.07) is 3.28. The lowest BCUT2D eigenvalue weighted by Crippen LogP contribution is -2.33. The van der Waals surface area contributed by atoms with Crippen molar-refractivity contribution >= 4 is 21.4 Å². The van der Waals surface area contributed by atoms with Gasteiger partial charge < -0.3 is 5.73 Å². The Labute approximate surface area is 117 Å². The van der Waals surface area contributed by atoms with E-state index in [1.54, 1.807) is 6.92 Å². The Hall–Kier alpha value is -1.67. The highest BCUT2D eigenvalue weighted by Crippen LogP contribution is 2.34. The highest BCUT2D eigenvalue weighted by atomic mass is 32.2. The Kier molecular flexibility index (Phi) is 3.96. The summed E-state index contributed by atoms with van der Waals surface area (Å²) in [5, 5.41) is 10.9. The van der Waals surface area contributed by atoms with Gasteiger partial charge in [-0.2, -0.15) is 0 Å². The van der Waals surface area contributed by atoms with E-state index in [1.165, 1.54) is 6.07 Å². The second kappa shape index (κ2) is 5.37. The Bertz CT molecular complexity index is 626. The van der Waals surface area contributed by atoms with Gasteiger partial charge in [-0.05, 0) is 31.4 Å². The highest BCUT2D eigenvalue weighted by molar-refractivity contribution is 7.89. The van der Waals surface area contributed by atoms with Crippen molar-refractivity contribution in [3.63, 3.8) is 0 Å². The van der Waals surface area contributed by atoms with Crippen LogP contribution in [-0.2, 0) is 10.0 Å². The number of nitrogen functional groups attached to an aromatic ring is 1. The lowest BCUT2D eigenvalue weighted by Gasteiger charge is -2.14. The molecule has 1 saturated carbocycles. The minimum atomic E-state index is -3.95. The van der Waals surface area contributed by atoms with Crippen molar-refractivity contribution in [2.45, 2.75) is 37.1 Å². The maximum Gasteiger partial charge on any atom is 0.289 e. The topological polar surface area (TPSA) is 115 Å². The molecule has 1 atom stereocenters. The first kappa shape index (κ1) is 14.7. The third-order valence-electron chi connectivity index (χ3n) is 3.21. The van der Waals surface area contributed by atoms with Crippen molar-refractivity contribution in [2.24, 2.45) is 5.92 Å². The maximum atomic E-state index is 12.3. The van der Waals surface area contributed by atoms with Crippen molar-refractivity contribution < 1.29 is 13.3 Å². The standard InChI is InChI=1S/C12H17N3O4S/c1-8(6-9-2-3-9)14-20(18,19)12-7-10(13)4-5-11(12)15(16)17/h4-5,7-9,14H,2-3,6,13H2,1H3. The lowest BCUT2D eigenvalue weighted by atomic mass is 10.2. The van der Waals surface area contributed by atoms with Gasteiger partial charge in [-0.3, -0.25) is 10.1 Å². The first-order valence-corrected chi connectivity index (χ1v) is 7.84. The van der Waals surface area contributed by atoms with E-state index in [9.17, 15) is 18.5 Å². The molecule has 1 aliphatic carbocycles. The fraction of sp³-hybridized carbons (Fsp3) is 0.500. The molecule has 0 amide bonds. The summed E-state index contributed by atoms with van der Waals surface area (Å²) in [6.45, 7) is 1.76. The van der Waals surface area contributed by atoms with Gasteiger partial charge in [-0.25, -0.2) is 13.1 Å². The lowest BCUT2D eigenvalue weighted by molar-refractivity contribution is -0.387. The number of nitro benzene ring substituents is 1. The molecule has 0 spiro atoms. The van der Waals surface area contributed by atoms with Gasteiger partial charge in [0.15, 0.2) is 4.90 Å². The molecule has 1 aliphatic rings. The summed E-state index contributed by atoms with van der Waals surface area (Å²) in [7, 11) is -3.95. The Morgan fingerprint density at radius 1 is 1.50 bits per heavy atom. The average molecular weight is 299 g/mol. The zero-order chi connectivity index (χ0) is 14.9. The summed E-state index contributed by atoms with van der Waals surface area (Å²) in [5.41, 5.74) is 5.24. The van der Waals surface area contributed by atoms with Gasteiger partial charge >= 0.3 is 0 Å². The molecule has 0 radical (unpaired) electrons. The summed E-state index contributed by atoms with van der Waals surface area (Å²) >= 11 is 0. The molecule has 110 valence electrons. The number of nitro groups is 1. The highest BCUT2D eigenvalue weighted by Gasteiger charge is 2.30. The minimum Gasteiger partial charge on any atom is -0.399 e. The van der Waals surface area contributed by atoms with Gasteiger partial charge in [0.25, 0.3) is 5.69 Å². The first-order chi connectivity index (χ1) is 9.29. The van der Waals surface area contributed by atoms with E-state index in [4.69, 9.17) is 5.73 Å². The van der Waals surface area contributed by atoms with Crippen molar-refractivity contribution in [3.05, 3.63) is 28.3 Å². The smallest absolute Gasteiger partial charge is 0.289 e. The molecule has 1 aromatic rings. The Morgan fingerprint density at radius 3 is 2.70 bits per heavy atom. The molecule has 1 aromatic carbocycles. The molecule has 0 aromatic heterocycles. The molecule has 2 rings (SSSR count). The van der Waals surface area contributed by atoms with Crippen molar-refractivity contribution in [2.75, 3.05) is 5.73 Å². The van der Waals surface area contributed by atoms with Crippen LogP contribution in [0.5, 0.6) is 0 Å². The molecule has 20 heavy (non-hydrogen) atoms. The van der Waals surface area contributed by atoms with Gasteiger partial charge in [-0.1, -0.05) is 12.8 Å². The minimum absolute atomic E-state index is 0.172. The summed E-state index contributed by atoms with van der Waals surface area (Å²) < 4.78 is 27.0. The Balaban J connectivity index is 2.27. The van der Waals surface area contributed by atoms with E-state index in [2.05, 4.69) is 4.72 Å². The van der Waals surface area contributed by atoms with Crippen LogP contribution in [0, 0.1) is 16.0 Å². The number of anilines is 1. The van der Waals surface area contributed by atoms with E-state index < -0.39 is 20.6 Å². The first-order valence-electron chi connectivity index (χ1n) is 6.36. The predicted octanol–water partition coefficient (Wildman–Crippen LogP) is 1.64. The normalized spacial score (nSPS) is 16.9. The molecule has 0 heterocycles. The summed E-state index contributed by atoms with van der Waals surface area (Å²) in [4.78, 5) is 9.82. The monoisotopic (exact) mass is 299 g/mol. The molecule has 0 saturated heterocycles. The third-order valence-corrected chi connectivity index (χ3v) is 4.83.